The van der Waals surface area contributed by atoms with Crippen molar-refractivity contribution in [1.82, 2.24) is 10.2 Å². The average molecular weight is 303 g/mol. The average Bonchev–Trinajstić information content (AvgIpc) is 2.78. The number of nitrogens with two attached hydrogens (primary N) is 1. The second kappa shape index (κ2) is 5.22. The number of hydrogen-bond acceptors (Lipinski definition) is 7. The minimum atomic E-state index is -3.64. The molecule has 0 aliphatic heterocycles. The van der Waals surface area contributed by atoms with E-state index in [0.717, 1.165) is 15.5 Å². The van der Waals surface area contributed by atoms with Crippen LogP contribution in [0.15, 0.2) is 37.7 Å². The summed E-state index contributed by atoms with van der Waals surface area (Å²) in [6.07, 6.45) is 0. The molecule has 2 N–H and O–H groups in total. The van der Waals surface area contributed by atoms with E-state index in [1.165, 1.54) is 24.9 Å². The normalized spacial score (nSPS) is 11.4. The molecule has 0 aliphatic carbocycles. The SMILES string of the molecule is COc1ccc(Sc2ccc(S(N)(=O)=O)s2)nn1. The molecule has 2 aromatic rings. The number of hydrogen-bond donors (Lipinski definition) is 1. The zero-order chi connectivity index (χ0) is 13.2. The summed E-state index contributed by atoms with van der Waals surface area (Å²) >= 11 is 2.41. The van der Waals surface area contributed by atoms with Crippen LogP contribution in [0.1, 0.15) is 0 Å². The monoisotopic (exact) mass is 303 g/mol. The predicted octanol–water partition coefficient (Wildman–Crippen LogP) is 1.35. The second-order valence-corrected chi connectivity index (χ2v) is 7.33. The van der Waals surface area contributed by atoms with Crippen LogP contribution in [0.5, 0.6) is 5.88 Å². The molecule has 0 amide bonds. The van der Waals surface area contributed by atoms with Crippen molar-refractivity contribution in [1.29, 1.82) is 0 Å². The van der Waals surface area contributed by atoms with Crippen molar-refractivity contribution in [2.75, 3.05) is 7.11 Å². The third-order valence-corrected chi connectivity index (χ3v) is 5.45. The Morgan fingerprint density at radius 1 is 1.28 bits per heavy atom. The van der Waals surface area contributed by atoms with Gasteiger partial charge in [0.15, 0.2) is 0 Å². The van der Waals surface area contributed by atoms with Crippen molar-refractivity contribution in [2.45, 2.75) is 13.4 Å². The van der Waals surface area contributed by atoms with Gasteiger partial charge in [0, 0.05) is 6.07 Å². The summed E-state index contributed by atoms with van der Waals surface area (Å²) in [6.45, 7) is 0. The van der Waals surface area contributed by atoms with Crippen LogP contribution in [-0.4, -0.2) is 25.7 Å². The van der Waals surface area contributed by atoms with E-state index < -0.39 is 10.0 Å². The minimum absolute atomic E-state index is 0.131. The minimum Gasteiger partial charge on any atom is -0.480 e. The van der Waals surface area contributed by atoms with Gasteiger partial charge >= 0.3 is 0 Å². The topological polar surface area (TPSA) is 95.2 Å². The molecule has 6 nitrogen and oxygen atoms in total. The van der Waals surface area contributed by atoms with Crippen LogP contribution < -0.4 is 9.88 Å². The van der Waals surface area contributed by atoms with Crippen LogP contribution in [0.2, 0.25) is 0 Å². The van der Waals surface area contributed by atoms with Crippen LogP contribution in [0.3, 0.4) is 0 Å². The molecular weight excluding hydrogens is 294 g/mol. The highest BCUT2D eigenvalue weighted by Gasteiger charge is 2.12. The Bertz CT molecular complexity index is 637. The summed E-state index contributed by atoms with van der Waals surface area (Å²) in [6, 6.07) is 6.58. The Balaban J connectivity index is 2.16. The molecule has 0 saturated heterocycles. The zero-order valence-electron chi connectivity index (χ0n) is 9.23. The van der Waals surface area contributed by atoms with Gasteiger partial charge in [-0.25, -0.2) is 13.6 Å². The molecule has 0 fully saturated rings. The molecule has 0 aliphatic rings. The molecule has 2 heterocycles. The largest absolute Gasteiger partial charge is 0.480 e. The van der Waals surface area contributed by atoms with Gasteiger partial charge in [-0.3, -0.25) is 0 Å². The molecule has 0 atom stereocenters. The van der Waals surface area contributed by atoms with Gasteiger partial charge in [-0.1, -0.05) is 11.8 Å². The van der Waals surface area contributed by atoms with E-state index in [9.17, 15) is 8.42 Å². The molecule has 9 heteroatoms. The lowest BCUT2D eigenvalue weighted by Gasteiger charge is -1.98. The zero-order valence-corrected chi connectivity index (χ0v) is 11.7. The predicted molar refractivity (Wildman–Crippen MR) is 68.4 cm³/mol. The van der Waals surface area contributed by atoms with Crippen molar-refractivity contribution < 1.29 is 13.2 Å². The van der Waals surface area contributed by atoms with Crippen LogP contribution in [0.25, 0.3) is 0 Å². The van der Waals surface area contributed by atoms with E-state index in [2.05, 4.69) is 10.2 Å². The fourth-order valence-electron chi connectivity index (χ4n) is 1.09. The van der Waals surface area contributed by atoms with Gasteiger partial charge in [0.1, 0.15) is 9.24 Å². The van der Waals surface area contributed by atoms with Crippen LogP contribution in [0.4, 0.5) is 0 Å². The lowest BCUT2D eigenvalue weighted by atomic mass is 10.6. The third-order valence-electron chi connectivity index (χ3n) is 1.87. The molecule has 96 valence electrons. The smallest absolute Gasteiger partial charge is 0.247 e. The van der Waals surface area contributed by atoms with Gasteiger partial charge in [0.05, 0.1) is 11.3 Å². The van der Waals surface area contributed by atoms with Crippen molar-refractivity contribution >= 4 is 33.1 Å². The fraction of sp³-hybridized carbons (Fsp3) is 0.111. The maximum Gasteiger partial charge on any atom is 0.247 e. The van der Waals surface area contributed by atoms with Crippen LogP contribution in [-0.2, 0) is 10.0 Å². The Kier molecular flexibility index (Phi) is 3.85. The number of methoxy groups -OCH3 is 1. The molecule has 18 heavy (non-hydrogen) atoms. The van der Waals surface area contributed by atoms with E-state index in [-0.39, 0.29) is 4.21 Å². The molecule has 0 spiro atoms. The highest BCUT2D eigenvalue weighted by molar-refractivity contribution is 8.01. The first kappa shape index (κ1) is 13.3. The van der Waals surface area contributed by atoms with Crippen molar-refractivity contribution in [3.63, 3.8) is 0 Å². The summed E-state index contributed by atoms with van der Waals surface area (Å²) in [5.74, 6) is 0.427. The Morgan fingerprint density at radius 3 is 2.56 bits per heavy atom. The summed E-state index contributed by atoms with van der Waals surface area (Å²) in [5.41, 5.74) is 0. The molecule has 0 saturated carbocycles. The molecule has 2 rings (SSSR count). The summed E-state index contributed by atoms with van der Waals surface area (Å²) in [5, 5.41) is 13.4. The van der Waals surface area contributed by atoms with Crippen LogP contribution in [0, 0.1) is 0 Å². The van der Waals surface area contributed by atoms with E-state index in [1.807, 2.05) is 0 Å². The van der Waals surface area contributed by atoms with Gasteiger partial charge in [0.25, 0.3) is 0 Å². The Hall–Kier alpha value is -1.16. The van der Waals surface area contributed by atoms with E-state index in [1.54, 1.807) is 18.2 Å². The quantitative estimate of drug-likeness (QED) is 0.916. The first-order chi connectivity index (χ1) is 8.49. The summed E-state index contributed by atoms with van der Waals surface area (Å²) in [7, 11) is -2.13. The molecular formula is C9H9N3O3S3. The lowest BCUT2D eigenvalue weighted by molar-refractivity contribution is 0.390. The van der Waals surface area contributed by atoms with Crippen molar-refractivity contribution in [2.24, 2.45) is 5.14 Å². The Morgan fingerprint density at radius 2 is 2.06 bits per heavy atom. The molecule has 0 aromatic carbocycles. The summed E-state index contributed by atoms with van der Waals surface area (Å²) < 4.78 is 28.0. The number of nitrogens with zero attached hydrogens (tertiary/aromatic N) is 2. The van der Waals surface area contributed by atoms with Gasteiger partial charge in [0.2, 0.25) is 15.9 Å². The Labute approximate surface area is 112 Å². The number of rotatable bonds is 4. The number of thiophene rings is 1. The molecule has 0 bridgehead atoms. The number of ether oxygens (including phenoxy) is 1. The van der Waals surface area contributed by atoms with Gasteiger partial charge < -0.3 is 4.74 Å². The first-order valence-corrected chi connectivity index (χ1v) is 7.85. The van der Waals surface area contributed by atoms with E-state index >= 15 is 0 Å². The van der Waals surface area contributed by atoms with Gasteiger partial charge in [-0.05, 0) is 18.2 Å². The van der Waals surface area contributed by atoms with E-state index in [4.69, 9.17) is 9.88 Å². The molecule has 0 unspecified atom stereocenters. The molecule has 0 radical (unpaired) electrons. The highest BCUT2D eigenvalue weighted by Crippen LogP contribution is 2.33. The first-order valence-electron chi connectivity index (χ1n) is 4.67. The van der Waals surface area contributed by atoms with Crippen molar-refractivity contribution in [3.05, 3.63) is 24.3 Å². The third kappa shape index (κ3) is 3.19. The molecule has 2 aromatic heterocycles. The van der Waals surface area contributed by atoms with Crippen molar-refractivity contribution in [3.8, 4) is 5.88 Å². The summed E-state index contributed by atoms with van der Waals surface area (Å²) in [4.78, 5) is 0. The maximum absolute atomic E-state index is 11.1. The maximum atomic E-state index is 11.1. The number of primary sulfonamides is 1. The van der Waals surface area contributed by atoms with E-state index in [0.29, 0.717) is 10.9 Å². The lowest BCUT2D eigenvalue weighted by Crippen LogP contribution is -2.09. The second-order valence-electron chi connectivity index (χ2n) is 3.13. The van der Waals surface area contributed by atoms with Crippen LogP contribution >= 0.6 is 23.1 Å². The van der Waals surface area contributed by atoms with Gasteiger partial charge in [-0.2, -0.15) is 0 Å². The number of sulfonamides is 1. The standard InChI is InChI=1S/C9H9N3O3S3/c1-15-6-2-3-7(12-11-6)16-8-4-5-9(17-8)18(10,13)14/h2-5H,1H3,(H2,10,13,14). The highest BCUT2D eigenvalue weighted by atomic mass is 32.3. The number of aromatic nitrogens is 2. The van der Waals surface area contributed by atoms with Gasteiger partial charge in [-0.15, -0.1) is 21.5 Å². The fourth-order valence-corrected chi connectivity index (χ4v) is 3.96.